The normalized spacial score (nSPS) is 15.3. The maximum Gasteiger partial charge on any atom is 0.229 e. The first-order chi connectivity index (χ1) is 10.0. The zero-order chi connectivity index (χ0) is 14.9. The lowest BCUT2D eigenvalue weighted by atomic mass is 10.2. The lowest BCUT2D eigenvalue weighted by Gasteiger charge is -2.04. The van der Waals surface area contributed by atoms with E-state index in [1.54, 1.807) is 6.07 Å². The second kappa shape index (κ2) is 5.77. The molecule has 1 saturated carbocycles. The molecule has 5 nitrogen and oxygen atoms in total. The van der Waals surface area contributed by atoms with Gasteiger partial charge in [-0.15, -0.1) is 0 Å². The summed E-state index contributed by atoms with van der Waals surface area (Å²) in [4.78, 5) is 4.15. The van der Waals surface area contributed by atoms with Gasteiger partial charge in [0.1, 0.15) is 5.75 Å². The van der Waals surface area contributed by atoms with Gasteiger partial charge in [0, 0.05) is 10.9 Å². The minimum Gasteiger partial charge on any atom is -0.339 e. The summed E-state index contributed by atoms with van der Waals surface area (Å²) in [6.07, 6.45) is 2.47. The highest BCUT2D eigenvalue weighted by Gasteiger charge is 2.30. The fourth-order valence-corrected chi connectivity index (χ4v) is 3.47. The molecule has 3 rings (SSSR count). The van der Waals surface area contributed by atoms with Crippen molar-refractivity contribution in [1.82, 2.24) is 10.1 Å². The molecule has 0 spiro atoms. The number of aryl methyl sites for hydroxylation is 1. The third-order valence-corrected chi connectivity index (χ3v) is 5.29. The van der Waals surface area contributed by atoms with Crippen LogP contribution >= 0.6 is 11.6 Å². The third kappa shape index (κ3) is 3.83. The summed E-state index contributed by atoms with van der Waals surface area (Å²) < 4.78 is 29.3. The predicted octanol–water partition coefficient (Wildman–Crippen LogP) is 2.76. The van der Waals surface area contributed by atoms with E-state index in [0.717, 1.165) is 18.4 Å². The van der Waals surface area contributed by atoms with Crippen molar-refractivity contribution in [3.8, 4) is 0 Å². The maximum atomic E-state index is 12.1. The molecule has 1 heterocycles. The molecule has 1 fully saturated rings. The summed E-state index contributed by atoms with van der Waals surface area (Å²) in [6.45, 7) is 0. The molecule has 0 radical (unpaired) electrons. The van der Waals surface area contributed by atoms with Gasteiger partial charge in [-0.3, -0.25) is 0 Å². The van der Waals surface area contributed by atoms with Gasteiger partial charge in [0.25, 0.3) is 0 Å². The molecule has 1 aliphatic carbocycles. The Bertz CT molecular complexity index is 738. The van der Waals surface area contributed by atoms with Crippen LogP contribution in [-0.2, 0) is 22.0 Å². The Morgan fingerprint density at radius 3 is 2.76 bits per heavy atom. The van der Waals surface area contributed by atoms with E-state index in [1.807, 2.05) is 18.2 Å². The van der Waals surface area contributed by atoms with Gasteiger partial charge in [-0.05, 0) is 30.9 Å². The highest BCUT2D eigenvalue weighted by atomic mass is 35.5. The SMILES string of the molecule is O=S(=O)(CCc1ccccc1Cl)Cc1noc(C2CC2)n1. The van der Waals surface area contributed by atoms with E-state index in [4.69, 9.17) is 16.1 Å². The predicted molar refractivity (Wildman–Crippen MR) is 78.9 cm³/mol. The number of halogens is 1. The van der Waals surface area contributed by atoms with E-state index < -0.39 is 9.84 Å². The number of hydrogen-bond donors (Lipinski definition) is 0. The molecule has 2 aromatic rings. The Morgan fingerprint density at radius 1 is 1.29 bits per heavy atom. The van der Waals surface area contributed by atoms with Crippen LogP contribution in [0.2, 0.25) is 5.02 Å². The molecule has 0 bridgehead atoms. The van der Waals surface area contributed by atoms with Crippen LogP contribution in [-0.4, -0.2) is 24.3 Å². The smallest absolute Gasteiger partial charge is 0.229 e. The second-order valence-corrected chi connectivity index (χ2v) is 7.85. The van der Waals surface area contributed by atoms with Crippen molar-refractivity contribution in [2.24, 2.45) is 0 Å². The molecule has 0 unspecified atom stereocenters. The number of benzene rings is 1. The quantitative estimate of drug-likeness (QED) is 0.816. The number of hydrogen-bond acceptors (Lipinski definition) is 5. The number of sulfone groups is 1. The molecule has 1 aromatic heterocycles. The maximum absolute atomic E-state index is 12.1. The standard InChI is InChI=1S/C14H15ClN2O3S/c15-12-4-2-1-3-10(12)7-8-21(18,19)9-13-16-14(20-17-13)11-5-6-11/h1-4,11H,5-9H2. The summed E-state index contributed by atoms with van der Waals surface area (Å²) in [5.41, 5.74) is 0.828. The Kier molecular flexibility index (Phi) is 3.99. The Balaban J connectivity index is 1.62. The minimum absolute atomic E-state index is 0.0179. The van der Waals surface area contributed by atoms with E-state index in [1.165, 1.54) is 0 Å². The molecular weight excluding hydrogens is 312 g/mol. The molecular formula is C14H15ClN2O3S. The Labute approximate surface area is 128 Å². The first-order valence-corrected chi connectivity index (χ1v) is 9.00. The largest absolute Gasteiger partial charge is 0.339 e. The van der Waals surface area contributed by atoms with Crippen LogP contribution in [0.25, 0.3) is 0 Å². The Hall–Kier alpha value is -1.40. The highest BCUT2D eigenvalue weighted by molar-refractivity contribution is 7.90. The van der Waals surface area contributed by atoms with Crippen LogP contribution in [0, 0.1) is 0 Å². The summed E-state index contributed by atoms with van der Waals surface area (Å²) in [7, 11) is -3.29. The van der Waals surface area contributed by atoms with Crippen LogP contribution in [0.5, 0.6) is 0 Å². The van der Waals surface area contributed by atoms with Crippen molar-refractivity contribution in [3.05, 3.63) is 46.6 Å². The molecule has 112 valence electrons. The summed E-state index contributed by atoms with van der Waals surface area (Å²) in [6, 6.07) is 7.25. The van der Waals surface area contributed by atoms with Gasteiger partial charge in [-0.1, -0.05) is 35.0 Å². The molecule has 1 aliphatic rings. The summed E-state index contributed by atoms with van der Waals surface area (Å²) in [5, 5.41) is 4.33. The fourth-order valence-electron chi connectivity index (χ4n) is 2.06. The van der Waals surface area contributed by atoms with E-state index in [0.29, 0.717) is 23.3 Å². The molecule has 1 aromatic carbocycles. The molecule has 0 N–H and O–H groups in total. The lowest BCUT2D eigenvalue weighted by Crippen LogP contribution is -2.12. The first kappa shape index (κ1) is 14.5. The van der Waals surface area contributed by atoms with Crippen molar-refractivity contribution in [2.45, 2.75) is 30.9 Å². The molecule has 0 atom stereocenters. The van der Waals surface area contributed by atoms with Crippen LogP contribution < -0.4 is 0 Å². The average molecular weight is 327 g/mol. The second-order valence-electron chi connectivity index (χ2n) is 5.26. The van der Waals surface area contributed by atoms with E-state index in [-0.39, 0.29) is 17.3 Å². The number of rotatable bonds is 6. The average Bonchev–Trinajstić information content (AvgIpc) is 3.19. The molecule has 0 saturated heterocycles. The van der Waals surface area contributed by atoms with Gasteiger partial charge in [0.05, 0.1) is 5.75 Å². The van der Waals surface area contributed by atoms with Crippen LogP contribution in [0.3, 0.4) is 0 Å². The zero-order valence-corrected chi connectivity index (χ0v) is 12.9. The van der Waals surface area contributed by atoms with Crippen molar-refractivity contribution in [1.29, 1.82) is 0 Å². The zero-order valence-electron chi connectivity index (χ0n) is 11.3. The third-order valence-electron chi connectivity index (χ3n) is 3.40. The minimum atomic E-state index is -3.29. The number of nitrogens with zero attached hydrogens (tertiary/aromatic N) is 2. The fraction of sp³-hybridized carbons (Fsp3) is 0.429. The summed E-state index contributed by atoms with van der Waals surface area (Å²) in [5.74, 6) is 0.969. The van der Waals surface area contributed by atoms with E-state index >= 15 is 0 Å². The summed E-state index contributed by atoms with van der Waals surface area (Å²) >= 11 is 6.02. The molecule has 0 amide bonds. The topological polar surface area (TPSA) is 73.1 Å². The monoisotopic (exact) mass is 326 g/mol. The van der Waals surface area contributed by atoms with Gasteiger partial charge in [0.15, 0.2) is 15.7 Å². The van der Waals surface area contributed by atoms with Gasteiger partial charge in [0.2, 0.25) is 5.89 Å². The number of aromatic nitrogens is 2. The molecule has 21 heavy (non-hydrogen) atoms. The van der Waals surface area contributed by atoms with Crippen LogP contribution in [0.1, 0.15) is 36.0 Å². The molecule has 0 aliphatic heterocycles. The van der Waals surface area contributed by atoms with Crippen molar-refractivity contribution in [3.63, 3.8) is 0 Å². The van der Waals surface area contributed by atoms with Crippen LogP contribution in [0.4, 0.5) is 0 Å². The lowest BCUT2D eigenvalue weighted by molar-refractivity contribution is 0.375. The Morgan fingerprint density at radius 2 is 2.05 bits per heavy atom. The van der Waals surface area contributed by atoms with Gasteiger partial charge in [-0.2, -0.15) is 4.98 Å². The van der Waals surface area contributed by atoms with E-state index in [2.05, 4.69) is 10.1 Å². The van der Waals surface area contributed by atoms with Crippen LogP contribution in [0.15, 0.2) is 28.8 Å². The van der Waals surface area contributed by atoms with Gasteiger partial charge in [-0.25, -0.2) is 8.42 Å². The van der Waals surface area contributed by atoms with Gasteiger partial charge < -0.3 is 4.52 Å². The van der Waals surface area contributed by atoms with Crippen molar-refractivity contribution in [2.75, 3.05) is 5.75 Å². The van der Waals surface area contributed by atoms with Crippen molar-refractivity contribution >= 4 is 21.4 Å². The first-order valence-electron chi connectivity index (χ1n) is 6.80. The van der Waals surface area contributed by atoms with Gasteiger partial charge >= 0.3 is 0 Å². The highest BCUT2D eigenvalue weighted by Crippen LogP contribution is 2.38. The molecule has 7 heteroatoms. The van der Waals surface area contributed by atoms with E-state index in [9.17, 15) is 8.42 Å². The van der Waals surface area contributed by atoms with Crippen molar-refractivity contribution < 1.29 is 12.9 Å².